The molecule has 1 aromatic rings. The van der Waals surface area contributed by atoms with Crippen molar-refractivity contribution in [3.05, 3.63) is 35.9 Å². The van der Waals surface area contributed by atoms with Crippen molar-refractivity contribution in [2.45, 2.75) is 31.9 Å². The minimum absolute atomic E-state index is 0.0430. The quantitative estimate of drug-likeness (QED) is 0.842. The van der Waals surface area contributed by atoms with Gasteiger partial charge in [-0.2, -0.15) is 0 Å². The second-order valence-electron chi connectivity index (χ2n) is 4.95. The van der Waals surface area contributed by atoms with Crippen molar-refractivity contribution in [2.24, 2.45) is 11.7 Å². The van der Waals surface area contributed by atoms with Crippen molar-refractivity contribution in [1.29, 1.82) is 0 Å². The molecule has 0 spiro atoms. The van der Waals surface area contributed by atoms with Gasteiger partial charge in [-0.25, -0.2) is 0 Å². The van der Waals surface area contributed by atoms with Crippen LogP contribution in [0.3, 0.4) is 0 Å². The molecule has 0 aliphatic carbocycles. The molecular formula is C15H23NO2. The van der Waals surface area contributed by atoms with E-state index in [0.717, 1.165) is 38.2 Å². The molecular weight excluding hydrogens is 226 g/mol. The fraction of sp³-hybridized carbons (Fsp3) is 0.600. The maximum absolute atomic E-state index is 6.28. The largest absolute Gasteiger partial charge is 0.381 e. The molecule has 1 aliphatic rings. The molecule has 18 heavy (non-hydrogen) atoms. The number of hydrogen-bond donors (Lipinski definition) is 1. The number of rotatable bonds is 6. The molecule has 3 heteroatoms. The van der Waals surface area contributed by atoms with Crippen molar-refractivity contribution in [1.82, 2.24) is 0 Å². The topological polar surface area (TPSA) is 44.5 Å². The molecule has 0 radical (unpaired) electrons. The summed E-state index contributed by atoms with van der Waals surface area (Å²) >= 11 is 0. The second kappa shape index (κ2) is 6.88. The summed E-state index contributed by atoms with van der Waals surface area (Å²) < 4.78 is 11.3. The Balaban J connectivity index is 1.87. The summed E-state index contributed by atoms with van der Waals surface area (Å²) in [5, 5.41) is 0. The van der Waals surface area contributed by atoms with Gasteiger partial charge in [-0.3, -0.25) is 0 Å². The molecule has 0 bridgehead atoms. The summed E-state index contributed by atoms with van der Waals surface area (Å²) in [6.07, 6.45) is 2.13. The van der Waals surface area contributed by atoms with Crippen LogP contribution in [0.2, 0.25) is 0 Å². The Hall–Kier alpha value is -0.900. The van der Waals surface area contributed by atoms with Gasteiger partial charge in [-0.1, -0.05) is 37.3 Å². The number of ether oxygens (including phenoxy) is 2. The highest BCUT2D eigenvalue weighted by atomic mass is 16.5. The standard InChI is InChI=1S/C15H23NO2/c1-2-14(18-11-12-8-9-17-10-12)15(16)13-6-4-3-5-7-13/h3-7,12,14-15H,2,8-11,16H2,1H3. The van der Waals surface area contributed by atoms with E-state index < -0.39 is 0 Å². The van der Waals surface area contributed by atoms with Gasteiger partial charge < -0.3 is 15.2 Å². The van der Waals surface area contributed by atoms with Crippen LogP contribution in [0.1, 0.15) is 31.4 Å². The molecule has 0 amide bonds. The fourth-order valence-electron chi connectivity index (χ4n) is 2.34. The van der Waals surface area contributed by atoms with Crippen LogP contribution in [0, 0.1) is 5.92 Å². The van der Waals surface area contributed by atoms with Gasteiger partial charge in [0.2, 0.25) is 0 Å². The van der Waals surface area contributed by atoms with Crippen LogP contribution in [0.25, 0.3) is 0 Å². The van der Waals surface area contributed by atoms with E-state index in [1.165, 1.54) is 0 Å². The normalized spacial score (nSPS) is 22.9. The zero-order valence-corrected chi connectivity index (χ0v) is 11.0. The van der Waals surface area contributed by atoms with Gasteiger partial charge in [0.1, 0.15) is 0 Å². The monoisotopic (exact) mass is 249 g/mol. The lowest BCUT2D eigenvalue weighted by Gasteiger charge is -2.24. The van der Waals surface area contributed by atoms with Crippen molar-refractivity contribution < 1.29 is 9.47 Å². The third-order valence-electron chi connectivity index (χ3n) is 3.56. The van der Waals surface area contributed by atoms with Crippen LogP contribution in [0.15, 0.2) is 30.3 Å². The Morgan fingerprint density at radius 2 is 2.17 bits per heavy atom. The minimum atomic E-state index is -0.0430. The molecule has 0 aromatic heterocycles. The third kappa shape index (κ3) is 3.55. The molecule has 100 valence electrons. The average molecular weight is 249 g/mol. The van der Waals surface area contributed by atoms with Crippen molar-refractivity contribution in [3.63, 3.8) is 0 Å². The Kier molecular flexibility index (Phi) is 5.17. The maximum Gasteiger partial charge on any atom is 0.0765 e. The van der Waals surface area contributed by atoms with Crippen LogP contribution in [-0.4, -0.2) is 25.9 Å². The third-order valence-corrected chi connectivity index (χ3v) is 3.56. The van der Waals surface area contributed by atoms with Gasteiger partial charge >= 0.3 is 0 Å². The van der Waals surface area contributed by atoms with Crippen LogP contribution < -0.4 is 5.73 Å². The van der Waals surface area contributed by atoms with Gasteiger partial charge in [0, 0.05) is 12.5 Å². The number of nitrogens with two attached hydrogens (primary N) is 1. The summed E-state index contributed by atoms with van der Waals surface area (Å²) in [7, 11) is 0. The fourth-order valence-corrected chi connectivity index (χ4v) is 2.34. The van der Waals surface area contributed by atoms with Gasteiger partial charge in [0.15, 0.2) is 0 Å². The van der Waals surface area contributed by atoms with Crippen molar-refractivity contribution >= 4 is 0 Å². The van der Waals surface area contributed by atoms with E-state index in [1.807, 2.05) is 18.2 Å². The lowest BCUT2D eigenvalue weighted by atomic mass is 10.0. The Morgan fingerprint density at radius 3 is 2.78 bits per heavy atom. The Labute approximate surface area is 109 Å². The minimum Gasteiger partial charge on any atom is -0.381 e. The van der Waals surface area contributed by atoms with Crippen LogP contribution in [0.5, 0.6) is 0 Å². The zero-order chi connectivity index (χ0) is 12.8. The van der Waals surface area contributed by atoms with E-state index in [4.69, 9.17) is 15.2 Å². The molecule has 1 fully saturated rings. The first kappa shape index (κ1) is 13.5. The molecule has 1 aliphatic heterocycles. The summed E-state index contributed by atoms with van der Waals surface area (Å²) in [5.41, 5.74) is 7.42. The molecule has 2 N–H and O–H groups in total. The highest BCUT2D eigenvalue weighted by molar-refractivity contribution is 5.19. The molecule has 1 saturated heterocycles. The van der Waals surface area contributed by atoms with Gasteiger partial charge in [-0.05, 0) is 18.4 Å². The summed E-state index contributed by atoms with van der Waals surface area (Å²) in [4.78, 5) is 0. The molecule has 3 unspecified atom stereocenters. The molecule has 1 aromatic carbocycles. The van der Waals surface area contributed by atoms with E-state index >= 15 is 0 Å². The molecule has 3 nitrogen and oxygen atoms in total. The van der Waals surface area contributed by atoms with E-state index in [2.05, 4.69) is 19.1 Å². The summed E-state index contributed by atoms with van der Waals surface area (Å²) in [5.74, 6) is 0.544. The highest BCUT2D eigenvalue weighted by Gasteiger charge is 2.22. The number of benzene rings is 1. The highest BCUT2D eigenvalue weighted by Crippen LogP contribution is 2.21. The Morgan fingerprint density at radius 1 is 1.39 bits per heavy atom. The first-order valence-electron chi connectivity index (χ1n) is 6.81. The first-order chi connectivity index (χ1) is 8.81. The smallest absolute Gasteiger partial charge is 0.0765 e. The van der Waals surface area contributed by atoms with Crippen LogP contribution in [0.4, 0.5) is 0 Å². The van der Waals surface area contributed by atoms with Crippen molar-refractivity contribution in [2.75, 3.05) is 19.8 Å². The van der Waals surface area contributed by atoms with Crippen LogP contribution in [-0.2, 0) is 9.47 Å². The van der Waals surface area contributed by atoms with Gasteiger partial charge in [-0.15, -0.1) is 0 Å². The molecule has 0 saturated carbocycles. The van der Waals surface area contributed by atoms with Crippen LogP contribution >= 0.6 is 0 Å². The van der Waals surface area contributed by atoms with E-state index in [0.29, 0.717) is 5.92 Å². The molecule has 1 heterocycles. The van der Waals surface area contributed by atoms with Gasteiger partial charge in [0.05, 0.1) is 25.4 Å². The zero-order valence-electron chi connectivity index (χ0n) is 11.0. The maximum atomic E-state index is 6.28. The van der Waals surface area contributed by atoms with Gasteiger partial charge in [0.25, 0.3) is 0 Å². The lowest BCUT2D eigenvalue weighted by Crippen LogP contribution is -2.30. The second-order valence-corrected chi connectivity index (χ2v) is 4.95. The summed E-state index contributed by atoms with van der Waals surface area (Å²) in [6, 6.07) is 10.1. The Bertz CT molecular complexity index is 336. The predicted molar refractivity (Wildman–Crippen MR) is 72.3 cm³/mol. The number of hydrogen-bond acceptors (Lipinski definition) is 3. The van der Waals surface area contributed by atoms with Crippen molar-refractivity contribution in [3.8, 4) is 0 Å². The summed E-state index contributed by atoms with van der Waals surface area (Å²) in [6.45, 7) is 4.59. The molecule has 2 rings (SSSR count). The van der Waals surface area contributed by atoms with E-state index in [1.54, 1.807) is 0 Å². The SMILES string of the molecule is CCC(OCC1CCOC1)C(N)c1ccccc1. The lowest BCUT2D eigenvalue weighted by molar-refractivity contribution is 0.00915. The first-order valence-corrected chi connectivity index (χ1v) is 6.81. The molecule has 3 atom stereocenters. The average Bonchev–Trinajstić information content (AvgIpc) is 2.93. The van der Waals surface area contributed by atoms with E-state index in [-0.39, 0.29) is 12.1 Å². The van der Waals surface area contributed by atoms with E-state index in [9.17, 15) is 0 Å². The predicted octanol–water partition coefficient (Wildman–Crippen LogP) is 2.52.